The van der Waals surface area contributed by atoms with E-state index in [1.807, 2.05) is 53.4 Å². The van der Waals surface area contributed by atoms with Crippen LogP contribution in [-0.4, -0.2) is 15.2 Å². The molecular formula is C19H12ClN5S2. The van der Waals surface area contributed by atoms with Crippen LogP contribution >= 0.6 is 34.3 Å². The molecule has 0 saturated heterocycles. The highest BCUT2D eigenvalue weighted by Crippen LogP contribution is 2.41. The summed E-state index contributed by atoms with van der Waals surface area (Å²) in [6, 6.07) is 15.8. The number of anilines is 4. The normalized spacial score (nSPS) is 11.3. The lowest BCUT2D eigenvalue weighted by Crippen LogP contribution is -2.13. The molecule has 0 radical (unpaired) electrons. The van der Waals surface area contributed by atoms with E-state index in [-0.39, 0.29) is 0 Å². The van der Waals surface area contributed by atoms with Gasteiger partial charge in [-0.05, 0) is 53.9 Å². The van der Waals surface area contributed by atoms with Gasteiger partial charge in [-0.25, -0.2) is 4.98 Å². The van der Waals surface area contributed by atoms with Gasteiger partial charge in [0.15, 0.2) is 11.6 Å². The van der Waals surface area contributed by atoms with Crippen LogP contribution < -0.4 is 10.6 Å². The maximum absolute atomic E-state index is 6.10. The van der Waals surface area contributed by atoms with Crippen molar-refractivity contribution in [3.8, 4) is 0 Å². The van der Waals surface area contributed by atoms with E-state index in [1.54, 1.807) is 22.7 Å². The van der Waals surface area contributed by atoms with Crippen molar-refractivity contribution in [1.82, 2.24) is 15.2 Å². The van der Waals surface area contributed by atoms with Gasteiger partial charge in [0, 0.05) is 21.8 Å². The fourth-order valence-electron chi connectivity index (χ4n) is 3.00. The molecule has 2 N–H and O–H groups in total. The smallest absolute Gasteiger partial charge is 0.178 e. The van der Waals surface area contributed by atoms with Crippen molar-refractivity contribution < 1.29 is 0 Å². The van der Waals surface area contributed by atoms with Crippen molar-refractivity contribution in [3.63, 3.8) is 0 Å². The van der Waals surface area contributed by atoms with Gasteiger partial charge >= 0.3 is 0 Å². The van der Waals surface area contributed by atoms with E-state index < -0.39 is 0 Å². The molecule has 0 atom stereocenters. The van der Waals surface area contributed by atoms with Crippen molar-refractivity contribution >= 4 is 77.6 Å². The van der Waals surface area contributed by atoms with Gasteiger partial charge in [-0.2, -0.15) is 0 Å². The van der Waals surface area contributed by atoms with Gasteiger partial charge in [0.25, 0.3) is 0 Å². The lowest BCUT2D eigenvalue weighted by atomic mass is 10.2. The van der Waals surface area contributed by atoms with Gasteiger partial charge < -0.3 is 5.73 Å². The van der Waals surface area contributed by atoms with Gasteiger partial charge in [0.05, 0.1) is 20.4 Å². The Balaban J connectivity index is 1.78. The number of nitrogen functional groups attached to an aromatic ring is 1. The fourth-order valence-corrected chi connectivity index (χ4v) is 4.71. The van der Waals surface area contributed by atoms with E-state index in [2.05, 4.69) is 26.1 Å². The standard InChI is InChI=1S/C19H12ClN5S2/c20-11-1-3-12(4-2-11)25(13-5-6-15-16(9-13)27-10-22-15)19-17-14(7-8-26-17)18(21)23-24-19/h1-10H,(H2,21,23). The summed E-state index contributed by atoms with van der Waals surface area (Å²) >= 11 is 9.30. The first-order chi connectivity index (χ1) is 13.2. The molecule has 8 heteroatoms. The topological polar surface area (TPSA) is 67.9 Å². The summed E-state index contributed by atoms with van der Waals surface area (Å²) in [5.41, 5.74) is 10.8. The highest BCUT2D eigenvalue weighted by molar-refractivity contribution is 7.18. The second kappa shape index (κ2) is 6.45. The van der Waals surface area contributed by atoms with E-state index in [9.17, 15) is 0 Å². The molecule has 0 aliphatic carbocycles. The number of thiazole rings is 1. The zero-order valence-corrected chi connectivity index (χ0v) is 16.2. The molecule has 5 rings (SSSR count). The predicted molar refractivity (Wildman–Crippen MR) is 115 cm³/mol. The van der Waals surface area contributed by atoms with Gasteiger partial charge in [0.1, 0.15) is 0 Å². The van der Waals surface area contributed by atoms with E-state index in [1.165, 1.54) is 0 Å². The van der Waals surface area contributed by atoms with Crippen LogP contribution in [0.25, 0.3) is 20.3 Å². The number of nitrogens with zero attached hydrogens (tertiary/aromatic N) is 4. The second-order valence-corrected chi connectivity index (χ2v) is 8.13. The Kier molecular flexibility index (Phi) is 3.93. The number of halogens is 1. The molecule has 5 aromatic rings. The molecule has 2 aromatic carbocycles. The van der Waals surface area contributed by atoms with Crippen LogP contribution in [-0.2, 0) is 0 Å². The summed E-state index contributed by atoms with van der Waals surface area (Å²) in [5, 5.41) is 12.2. The van der Waals surface area contributed by atoms with Gasteiger partial charge in [-0.1, -0.05) is 11.6 Å². The number of fused-ring (bicyclic) bond motifs is 2. The molecule has 0 saturated carbocycles. The monoisotopic (exact) mass is 409 g/mol. The van der Waals surface area contributed by atoms with Crippen molar-refractivity contribution in [1.29, 1.82) is 0 Å². The number of aromatic nitrogens is 3. The molecule has 5 nitrogen and oxygen atoms in total. The molecule has 3 heterocycles. The van der Waals surface area contributed by atoms with Crippen LogP contribution in [0.2, 0.25) is 5.02 Å². The molecule has 0 spiro atoms. The molecule has 0 aliphatic rings. The molecule has 0 bridgehead atoms. The summed E-state index contributed by atoms with van der Waals surface area (Å²) in [6.45, 7) is 0. The first-order valence-corrected chi connectivity index (χ1v) is 10.2. The number of hydrogen-bond acceptors (Lipinski definition) is 7. The Hall–Kier alpha value is -2.74. The third kappa shape index (κ3) is 2.80. The zero-order valence-electron chi connectivity index (χ0n) is 13.8. The van der Waals surface area contributed by atoms with Crippen molar-refractivity contribution in [2.24, 2.45) is 0 Å². The number of rotatable bonds is 3. The average molecular weight is 410 g/mol. The molecule has 0 amide bonds. The summed E-state index contributed by atoms with van der Waals surface area (Å²) in [7, 11) is 0. The van der Waals surface area contributed by atoms with Crippen LogP contribution in [0.3, 0.4) is 0 Å². The van der Waals surface area contributed by atoms with Crippen LogP contribution in [0.15, 0.2) is 59.4 Å². The van der Waals surface area contributed by atoms with Gasteiger partial charge in [-0.15, -0.1) is 32.9 Å². The quantitative estimate of drug-likeness (QED) is 0.395. The summed E-state index contributed by atoms with van der Waals surface area (Å²) in [6.07, 6.45) is 0. The van der Waals surface area contributed by atoms with Crippen molar-refractivity contribution in [2.45, 2.75) is 0 Å². The average Bonchev–Trinajstić information content (AvgIpc) is 3.34. The summed E-state index contributed by atoms with van der Waals surface area (Å²) in [4.78, 5) is 6.44. The highest BCUT2D eigenvalue weighted by Gasteiger charge is 2.20. The van der Waals surface area contributed by atoms with Crippen molar-refractivity contribution in [3.05, 3.63) is 64.4 Å². The Morgan fingerprint density at radius 2 is 1.74 bits per heavy atom. The Morgan fingerprint density at radius 1 is 0.926 bits per heavy atom. The minimum Gasteiger partial charge on any atom is -0.382 e. The number of thiophene rings is 1. The molecule has 0 fully saturated rings. The predicted octanol–water partition coefficient (Wildman–Crippen LogP) is 6.01. The number of nitrogens with two attached hydrogens (primary N) is 1. The van der Waals surface area contributed by atoms with E-state index in [0.29, 0.717) is 10.8 Å². The fraction of sp³-hybridized carbons (Fsp3) is 0. The lowest BCUT2D eigenvalue weighted by molar-refractivity contribution is 1.03. The molecule has 3 aromatic heterocycles. The third-order valence-electron chi connectivity index (χ3n) is 4.27. The van der Waals surface area contributed by atoms with Crippen LogP contribution in [0.1, 0.15) is 0 Å². The second-order valence-electron chi connectivity index (χ2n) is 5.89. The van der Waals surface area contributed by atoms with E-state index in [4.69, 9.17) is 17.3 Å². The first-order valence-electron chi connectivity index (χ1n) is 8.09. The first kappa shape index (κ1) is 16.4. The minimum atomic E-state index is 0.434. The molecule has 0 aliphatic heterocycles. The van der Waals surface area contributed by atoms with Crippen molar-refractivity contribution in [2.75, 3.05) is 10.6 Å². The van der Waals surface area contributed by atoms with E-state index in [0.717, 1.165) is 37.5 Å². The largest absolute Gasteiger partial charge is 0.382 e. The minimum absolute atomic E-state index is 0.434. The van der Waals surface area contributed by atoms with Gasteiger partial charge in [-0.3, -0.25) is 4.90 Å². The Bertz CT molecular complexity index is 1260. The Morgan fingerprint density at radius 3 is 2.59 bits per heavy atom. The molecule has 132 valence electrons. The number of hydrogen-bond donors (Lipinski definition) is 1. The molecular weight excluding hydrogens is 398 g/mol. The maximum atomic E-state index is 6.10. The van der Waals surface area contributed by atoms with Crippen LogP contribution in [0, 0.1) is 0 Å². The summed E-state index contributed by atoms with van der Waals surface area (Å²) < 4.78 is 2.10. The molecule has 0 unspecified atom stereocenters. The van der Waals surface area contributed by atoms with E-state index >= 15 is 0 Å². The summed E-state index contributed by atoms with van der Waals surface area (Å²) in [5.74, 6) is 1.17. The number of benzene rings is 2. The maximum Gasteiger partial charge on any atom is 0.178 e. The SMILES string of the molecule is Nc1nnc(N(c2ccc(Cl)cc2)c2ccc3ncsc3c2)c2sccc12. The van der Waals surface area contributed by atoms with Crippen LogP contribution in [0.4, 0.5) is 23.0 Å². The molecule has 27 heavy (non-hydrogen) atoms. The Labute approximate surface area is 167 Å². The lowest BCUT2D eigenvalue weighted by Gasteiger charge is -2.24. The highest BCUT2D eigenvalue weighted by atomic mass is 35.5. The zero-order chi connectivity index (χ0) is 18.4. The van der Waals surface area contributed by atoms with Crippen LogP contribution in [0.5, 0.6) is 0 Å². The van der Waals surface area contributed by atoms with Gasteiger partial charge in [0.2, 0.25) is 0 Å². The third-order valence-corrected chi connectivity index (χ3v) is 6.22.